The van der Waals surface area contributed by atoms with Crippen LogP contribution < -0.4 is 20.1 Å². The number of likely N-dealkylation sites (N-methyl/N-ethyl adjacent to an activating group) is 1. The van der Waals surface area contributed by atoms with Crippen LogP contribution in [0, 0.1) is 0 Å². The molecule has 37 heavy (non-hydrogen) atoms. The van der Waals surface area contributed by atoms with E-state index in [1.54, 1.807) is 25.4 Å². The van der Waals surface area contributed by atoms with Gasteiger partial charge in [-0.2, -0.15) is 0 Å². The molecular weight excluding hydrogens is 492 g/mol. The number of aryl methyl sites for hydroxylation is 1. The average Bonchev–Trinajstić information content (AvgIpc) is 3.22. The normalized spacial score (nSPS) is 11.3. The number of hydrogen-bond donors (Lipinski definition) is 2. The highest BCUT2D eigenvalue weighted by Crippen LogP contribution is 2.38. The number of benzene rings is 2. The zero-order valence-corrected chi connectivity index (χ0v) is 21.9. The smallest absolute Gasteiger partial charge is 0.249 e. The second kappa shape index (κ2) is 11.8. The Morgan fingerprint density at radius 3 is 2.73 bits per heavy atom. The maximum atomic E-state index is 12.3. The number of carbonyl (C=O) groups excluding carboxylic acids is 1. The maximum absolute atomic E-state index is 12.3. The molecule has 0 atom stereocenters. The number of nitrogens with one attached hydrogen (secondary N) is 2. The molecule has 0 aliphatic heterocycles. The van der Waals surface area contributed by atoms with E-state index in [1.807, 2.05) is 44.2 Å². The summed E-state index contributed by atoms with van der Waals surface area (Å²) in [6.45, 7) is 1.12. The number of fused-ring (bicyclic) bond motifs is 1. The van der Waals surface area contributed by atoms with E-state index >= 15 is 0 Å². The summed E-state index contributed by atoms with van der Waals surface area (Å²) in [6.07, 6.45) is 4.97. The van der Waals surface area contributed by atoms with Crippen LogP contribution in [0.15, 0.2) is 66.5 Å². The van der Waals surface area contributed by atoms with Gasteiger partial charge in [0.1, 0.15) is 18.1 Å². The van der Waals surface area contributed by atoms with Crippen molar-refractivity contribution in [1.29, 1.82) is 0 Å². The molecule has 2 heterocycles. The molecule has 0 fully saturated rings. The molecule has 0 aliphatic carbocycles. The van der Waals surface area contributed by atoms with Gasteiger partial charge in [0.25, 0.3) is 0 Å². The lowest BCUT2D eigenvalue weighted by molar-refractivity contribution is -0.111. The highest BCUT2D eigenvalue weighted by atomic mass is 35.5. The van der Waals surface area contributed by atoms with Crippen molar-refractivity contribution in [3.63, 3.8) is 0 Å². The van der Waals surface area contributed by atoms with Crippen molar-refractivity contribution in [2.24, 2.45) is 7.05 Å². The number of nitrogens with zero attached hydrogens (tertiary/aromatic N) is 4. The van der Waals surface area contributed by atoms with Gasteiger partial charge in [-0.15, -0.1) is 0 Å². The fourth-order valence-corrected chi connectivity index (χ4v) is 3.96. The van der Waals surface area contributed by atoms with Gasteiger partial charge in [0.05, 0.1) is 24.2 Å². The van der Waals surface area contributed by atoms with E-state index in [2.05, 4.69) is 38.5 Å². The summed E-state index contributed by atoms with van der Waals surface area (Å²) in [5.74, 6) is 0.955. The molecule has 0 saturated carbocycles. The van der Waals surface area contributed by atoms with Crippen molar-refractivity contribution in [3.05, 3.63) is 66.5 Å². The number of aromatic nitrogens is 3. The molecule has 2 aromatic carbocycles. The number of halogens is 1. The molecule has 4 aromatic rings. The number of ether oxygens (including phenoxy) is 2. The van der Waals surface area contributed by atoms with Gasteiger partial charge in [0.2, 0.25) is 11.9 Å². The van der Waals surface area contributed by atoms with E-state index in [1.165, 1.54) is 6.08 Å². The Hall–Kier alpha value is -4.08. The number of anilines is 3. The number of carbonyl (C=O) groups is 1. The van der Waals surface area contributed by atoms with Crippen LogP contribution in [0.2, 0.25) is 0 Å². The molecule has 0 aliphatic rings. The van der Waals surface area contributed by atoms with Gasteiger partial charge in [0, 0.05) is 60.1 Å². The van der Waals surface area contributed by atoms with Gasteiger partial charge < -0.3 is 29.6 Å². The van der Waals surface area contributed by atoms with Crippen LogP contribution in [0.1, 0.15) is 0 Å². The molecule has 0 radical (unpaired) electrons. The standard InChI is InChI=1S/C27H29ClN6O3/c1-33(2)13-14-37-25-16-24(36-4)21(15-22(25)30-26(35)9-11-28)32-27-29-12-10-20(31-27)19-17-34(3)23-8-6-5-7-18(19)23/h5-12,15-17H,13-14H2,1-4H3,(H,30,35)(H,29,31,32)/b11-9+. The Morgan fingerprint density at radius 1 is 1.16 bits per heavy atom. The Balaban J connectivity index is 1.68. The lowest BCUT2D eigenvalue weighted by atomic mass is 10.1. The Morgan fingerprint density at radius 2 is 1.97 bits per heavy atom. The maximum Gasteiger partial charge on any atom is 0.249 e. The van der Waals surface area contributed by atoms with Crippen LogP contribution in [-0.2, 0) is 11.8 Å². The highest BCUT2D eigenvalue weighted by Gasteiger charge is 2.16. The van der Waals surface area contributed by atoms with Gasteiger partial charge in [-0.25, -0.2) is 9.97 Å². The minimum Gasteiger partial charge on any atom is -0.494 e. The topological polar surface area (TPSA) is 93.5 Å². The van der Waals surface area contributed by atoms with Crippen molar-refractivity contribution in [1.82, 2.24) is 19.4 Å². The predicted octanol–water partition coefficient (Wildman–Crippen LogP) is 5.02. The van der Waals surface area contributed by atoms with Crippen molar-refractivity contribution in [2.75, 3.05) is 45.0 Å². The van der Waals surface area contributed by atoms with E-state index in [0.717, 1.165) is 27.7 Å². The minimum absolute atomic E-state index is 0.378. The molecular formula is C27H29ClN6O3. The third-order valence-electron chi connectivity index (χ3n) is 5.64. The Labute approximate surface area is 220 Å². The summed E-state index contributed by atoms with van der Waals surface area (Å²) >= 11 is 5.58. The van der Waals surface area contributed by atoms with Crippen molar-refractivity contribution in [3.8, 4) is 22.8 Å². The second-order valence-corrected chi connectivity index (χ2v) is 8.80. The summed E-state index contributed by atoms with van der Waals surface area (Å²) < 4.78 is 13.6. The fourth-order valence-electron chi connectivity index (χ4n) is 3.85. The van der Waals surface area contributed by atoms with Gasteiger partial charge in [0.15, 0.2) is 0 Å². The third kappa shape index (κ3) is 6.19. The van der Waals surface area contributed by atoms with Crippen molar-refractivity contribution < 1.29 is 14.3 Å². The largest absolute Gasteiger partial charge is 0.494 e. The number of methoxy groups -OCH3 is 1. The van der Waals surface area contributed by atoms with Crippen LogP contribution in [0.3, 0.4) is 0 Å². The molecule has 0 saturated heterocycles. The SMILES string of the molecule is COc1cc(OCCN(C)C)c(NC(=O)/C=C/Cl)cc1Nc1nccc(-c2cn(C)c3ccccc23)n1. The van der Waals surface area contributed by atoms with E-state index in [-0.39, 0.29) is 0 Å². The van der Waals surface area contributed by atoms with Crippen molar-refractivity contribution >= 4 is 45.7 Å². The molecule has 0 spiro atoms. The predicted molar refractivity (Wildman–Crippen MR) is 148 cm³/mol. The first-order valence-corrected chi connectivity index (χ1v) is 12.0. The minimum atomic E-state index is -0.391. The van der Waals surface area contributed by atoms with Crippen LogP contribution in [-0.4, -0.2) is 59.7 Å². The van der Waals surface area contributed by atoms with Crippen molar-refractivity contribution in [2.45, 2.75) is 0 Å². The van der Waals surface area contributed by atoms with Gasteiger partial charge in [-0.3, -0.25) is 4.79 Å². The molecule has 192 valence electrons. The highest BCUT2D eigenvalue weighted by molar-refractivity contribution is 6.27. The fraction of sp³-hybridized carbons (Fsp3) is 0.222. The number of hydrogen-bond acceptors (Lipinski definition) is 7. The average molecular weight is 521 g/mol. The van der Waals surface area contributed by atoms with E-state index in [4.69, 9.17) is 26.1 Å². The van der Waals surface area contributed by atoms with Gasteiger partial charge in [-0.05, 0) is 32.3 Å². The van der Waals surface area contributed by atoms with E-state index in [9.17, 15) is 4.79 Å². The first kappa shape index (κ1) is 26.0. The van der Waals surface area contributed by atoms with Crippen LogP contribution in [0.5, 0.6) is 11.5 Å². The summed E-state index contributed by atoms with van der Waals surface area (Å²) in [5, 5.41) is 7.12. The van der Waals surface area contributed by atoms with Crippen LogP contribution >= 0.6 is 11.6 Å². The first-order chi connectivity index (χ1) is 17.9. The Kier molecular flexibility index (Phi) is 8.27. The summed E-state index contributed by atoms with van der Waals surface area (Å²) in [4.78, 5) is 23.4. The molecule has 4 rings (SSSR count). The zero-order chi connectivity index (χ0) is 26.4. The van der Waals surface area contributed by atoms with Gasteiger partial charge in [-0.1, -0.05) is 29.8 Å². The molecule has 9 nitrogen and oxygen atoms in total. The lowest BCUT2D eigenvalue weighted by Crippen LogP contribution is -2.20. The van der Waals surface area contributed by atoms with E-state index < -0.39 is 5.91 Å². The van der Waals surface area contributed by atoms with Crippen LogP contribution in [0.4, 0.5) is 17.3 Å². The zero-order valence-electron chi connectivity index (χ0n) is 21.2. The summed E-state index contributed by atoms with van der Waals surface area (Å²) in [7, 11) is 7.48. The molecule has 1 amide bonds. The van der Waals surface area contributed by atoms with Gasteiger partial charge >= 0.3 is 0 Å². The van der Waals surface area contributed by atoms with E-state index in [0.29, 0.717) is 42.0 Å². The quantitative estimate of drug-likeness (QED) is 0.284. The molecule has 10 heteroatoms. The molecule has 0 unspecified atom stereocenters. The molecule has 2 aromatic heterocycles. The number of amides is 1. The molecule has 2 N–H and O–H groups in total. The number of rotatable bonds is 10. The van der Waals surface area contributed by atoms with Crippen LogP contribution in [0.25, 0.3) is 22.2 Å². The molecule has 0 bridgehead atoms. The second-order valence-electron chi connectivity index (χ2n) is 8.54. The lowest BCUT2D eigenvalue weighted by Gasteiger charge is -2.18. The monoisotopic (exact) mass is 520 g/mol. The number of para-hydroxylation sites is 1. The first-order valence-electron chi connectivity index (χ1n) is 11.6. The third-order valence-corrected chi connectivity index (χ3v) is 5.77. The summed E-state index contributed by atoms with van der Waals surface area (Å²) in [5.41, 5.74) is 5.05. The summed E-state index contributed by atoms with van der Waals surface area (Å²) in [6, 6.07) is 13.5. The Bertz CT molecular complexity index is 1430.